The molecular weight excluding hydrogens is 268 g/mol. The molecule has 0 unspecified atom stereocenters. The SMILES string of the molecule is Cc1c(C#CCN)cccc1C(=O)NCc1ccsc1. The van der Waals surface area contributed by atoms with Crippen LogP contribution in [0.15, 0.2) is 35.0 Å². The number of benzene rings is 1. The molecule has 0 saturated heterocycles. The zero-order valence-electron chi connectivity index (χ0n) is 11.3. The van der Waals surface area contributed by atoms with Crippen LogP contribution in [0, 0.1) is 18.8 Å². The quantitative estimate of drug-likeness (QED) is 0.850. The normalized spacial score (nSPS) is 9.70. The van der Waals surface area contributed by atoms with E-state index in [9.17, 15) is 4.79 Å². The van der Waals surface area contributed by atoms with E-state index >= 15 is 0 Å². The average molecular weight is 284 g/mol. The van der Waals surface area contributed by atoms with Crippen molar-refractivity contribution in [3.63, 3.8) is 0 Å². The van der Waals surface area contributed by atoms with Crippen LogP contribution in [-0.2, 0) is 6.54 Å². The second-order valence-electron chi connectivity index (χ2n) is 4.30. The molecule has 0 spiro atoms. The third kappa shape index (κ3) is 3.47. The fourth-order valence-corrected chi connectivity index (χ4v) is 2.50. The topological polar surface area (TPSA) is 55.1 Å². The number of rotatable bonds is 3. The number of nitrogens with two attached hydrogens (primary N) is 1. The van der Waals surface area contributed by atoms with E-state index < -0.39 is 0 Å². The summed E-state index contributed by atoms with van der Waals surface area (Å²) in [4.78, 5) is 12.2. The van der Waals surface area contributed by atoms with Gasteiger partial charge in [0.1, 0.15) is 0 Å². The monoisotopic (exact) mass is 284 g/mol. The molecule has 0 aliphatic rings. The van der Waals surface area contributed by atoms with Crippen LogP contribution in [0.4, 0.5) is 0 Å². The first-order valence-corrected chi connectivity index (χ1v) is 7.24. The van der Waals surface area contributed by atoms with Gasteiger partial charge in [0.15, 0.2) is 0 Å². The maximum atomic E-state index is 12.2. The fraction of sp³-hybridized carbons (Fsp3) is 0.188. The van der Waals surface area contributed by atoms with Crippen LogP contribution in [0.5, 0.6) is 0 Å². The van der Waals surface area contributed by atoms with Gasteiger partial charge in [-0.3, -0.25) is 4.79 Å². The minimum Gasteiger partial charge on any atom is -0.348 e. The van der Waals surface area contributed by atoms with Gasteiger partial charge in [0.25, 0.3) is 5.91 Å². The first-order valence-electron chi connectivity index (χ1n) is 6.30. The standard InChI is InChI=1S/C16H16N2OS/c1-12-14(5-3-8-17)4-2-6-15(12)16(19)18-10-13-7-9-20-11-13/h2,4,6-7,9,11H,8,10,17H2,1H3,(H,18,19). The molecule has 3 N–H and O–H groups in total. The molecule has 0 fully saturated rings. The van der Waals surface area contributed by atoms with Gasteiger partial charge in [-0.2, -0.15) is 11.3 Å². The highest BCUT2D eigenvalue weighted by atomic mass is 32.1. The molecular formula is C16H16N2OS. The lowest BCUT2D eigenvalue weighted by Gasteiger charge is -2.08. The molecule has 1 aromatic heterocycles. The summed E-state index contributed by atoms with van der Waals surface area (Å²) in [6.07, 6.45) is 0. The van der Waals surface area contributed by atoms with Crippen molar-refractivity contribution in [3.8, 4) is 11.8 Å². The zero-order valence-corrected chi connectivity index (χ0v) is 12.1. The third-order valence-electron chi connectivity index (χ3n) is 2.94. The largest absolute Gasteiger partial charge is 0.348 e. The molecule has 20 heavy (non-hydrogen) atoms. The van der Waals surface area contributed by atoms with E-state index in [4.69, 9.17) is 5.73 Å². The van der Waals surface area contributed by atoms with Gasteiger partial charge in [-0.05, 0) is 47.0 Å². The van der Waals surface area contributed by atoms with E-state index in [0.29, 0.717) is 18.7 Å². The van der Waals surface area contributed by atoms with E-state index in [2.05, 4.69) is 17.2 Å². The van der Waals surface area contributed by atoms with Gasteiger partial charge < -0.3 is 11.1 Å². The summed E-state index contributed by atoms with van der Waals surface area (Å²) >= 11 is 1.62. The molecule has 0 atom stereocenters. The van der Waals surface area contributed by atoms with Gasteiger partial charge in [0.05, 0.1) is 6.54 Å². The van der Waals surface area contributed by atoms with E-state index in [0.717, 1.165) is 16.7 Å². The number of hydrogen-bond donors (Lipinski definition) is 2. The lowest BCUT2D eigenvalue weighted by atomic mass is 10.0. The van der Waals surface area contributed by atoms with E-state index in [1.165, 1.54) is 0 Å². The Balaban J connectivity index is 2.13. The van der Waals surface area contributed by atoms with Crippen molar-refractivity contribution in [1.82, 2.24) is 5.32 Å². The highest BCUT2D eigenvalue weighted by Gasteiger charge is 2.10. The van der Waals surface area contributed by atoms with Gasteiger partial charge in [-0.15, -0.1) is 0 Å². The van der Waals surface area contributed by atoms with Crippen molar-refractivity contribution in [1.29, 1.82) is 0 Å². The van der Waals surface area contributed by atoms with Crippen molar-refractivity contribution in [2.24, 2.45) is 5.73 Å². The average Bonchev–Trinajstić information content (AvgIpc) is 2.97. The maximum absolute atomic E-state index is 12.2. The van der Waals surface area contributed by atoms with Crippen LogP contribution in [-0.4, -0.2) is 12.5 Å². The predicted octanol–water partition coefficient (Wildman–Crippen LogP) is 2.30. The Morgan fingerprint density at radius 1 is 1.40 bits per heavy atom. The first kappa shape index (κ1) is 14.3. The molecule has 1 heterocycles. The second-order valence-corrected chi connectivity index (χ2v) is 5.08. The highest BCUT2D eigenvalue weighted by Crippen LogP contribution is 2.13. The molecule has 0 radical (unpaired) electrons. The first-order chi connectivity index (χ1) is 9.72. The van der Waals surface area contributed by atoms with Crippen molar-refractivity contribution in [2.45, 2.75) is 13.5 Å². The van der Waals surface area contributed by atoms with Gasteiger partial charge in [0, 0.05) is 17.7 Å². The second kappa shape index (κ2) is 6.90. The fourth-order valence-electron chi connectivity index (χ4n) is 1.83. The molecule has 1 aromatic carbocycles. The highest BCUT2D eigenvalue weighted by molar-refractivity contribution is 7.07. The number of hydrogen-bond acceptors (Lipinski definition) is 3. The van der Waals surface area contributed by atoms with Crippen LogP contribution in [0.25, 0.3) is 0 Å². The Kier molecular flexibility index (Phi) is 4.94. The summed E-state index contributed by atoms with van der Waals surface area (Å²) in [5.74, 6) is 5.72. The maximum Gasteiger partial charge on any atom is 0.251 e. The molecule has 102 valence electrons. The summed E-state index contributed by atoms with van der Waals surface area (Å²) in [7, 11) is 0. The molecule has 0 aliphatic heterocycles. The van der Waals surface area contributed by atoms with Gasteiger partial charge in [-0.1, -0.05) is 17.9 Å². The van der Waals surface area contributed by atoms with Crippen molar-refractivity contribution >= 4 is 17.2 Å². The molecule has 3 nitrogen and oxygen atoms in total. The smallest absolute Gasteiger partial charge is 0.251 e. The number of thiophene rings is 1. The minimum absolute atomic E-state index is 0.0786. The Morgan fingerprint density at radius 2 is 2.25 bits per heavy atom. The summed E-state index contributed by atoms with van der Waals surface area (Å²) in [5.41, 5.74) is 8.87. The number of carbonyl (C=O) groups excluding carboxylic acids is 1. The molecule has 2 aromatic rings. The molecule has 4 heteroatoms. The van der Waals surface area contributed by atoms with Crippen LogP contribution in [0.3, 0.4) is 0 Å². The Hall–Kier alpha value is -2.09. The lowest BCUT2D eigenvalue weighted by Crippen LogP contribution is -2.23. The van der Waals surface area contributed by atoms with Crippen LogP contribution in [0.2, 0.25) is 0 Å². The Labute approximate surface area is 122 Å². The molecule has 1 amide bonds. The molecule has 0 aliphatic carbocycles. The summed E-state index contributed by atoms with van der Waals surface area (Å²) in [6, 6.07) is 7.55. The van der Waals surface area contributed by atoms with E-state index in [1.807, 2.05) is 41.9 Å². The van der Waals surface area contributed by atoms with Gasteiger partial charge >= 0.3 is 0 Å². The summed E-state index contributed by atoms with van der Waals surface area (Å²) < 4.78 is 0. The molecule has 2 rings (SSSR count). The van der Waals surface area contributed by atoms with Crippen molar-refractivity contribution in [2.75, 3.05) is 6.54 Å². The lowest BCUT2D eigenvalue weighted by molar-refractivity contribution is 0.0950. The third-order valence-corrected chi connectivity index (χ3v) is 3.67. The number of amides is 1. The molecule has 0 saturated carbocycles. The number of carbonyl (C=O) groups is 1. The van der Waals surface area contributed by atoms with Crippen molar-refractivity contribution in [3.05, 3.63) is 57.3 Å². The van der Waals surface area contributed by atoms with E-state index in [-0.39, 0.29) is 5.91 Å². The minimum atomic E-state index is -0.0786. The Bertz CT molecular complexity index is 651. The van der Waals surface area contributed by atoms with Crippen LogP contribution < -0.4 is 11.1 Å². The van der Waals surface area contributed by atoms with Gasteiger partial charge in [0.2, 0.25) is 0 Å². The predicted molar refractivity (Wildman–Crippen MR) is 82.6 cm³/mol. The number of nitrogens with one attached hydrogen (secondary N) is 1. The summed E-state index contributed by atoms with van der Waals surface area (Å²) in [6.45, 7) is 2.76. The van der Waals surface area contributed by atoms with Gasteiger partial charge in [-0.25, -0.2) is 0 Å². The van der Waals surface area contributed by atoms with Crippen LogP contribution >= 0.6 is 11.3 Å². The van der Waals surface area contributed by atoms with Crippen LogP contribution in [0.1, 0.15) is 27.0 Å². The molecule has 0 bridgehead atoms. The summed E-state index contributed by atoms with van der Waals surface area (Å²) in [5, 5.41) is 6.94. The Morgan fingerprint density at radius 3 is 2.95 bits per heavy atom. The van der Waals surface area contributed by atoms with E-state index in [1.54, 1.807) is 11.3 Å². The van der Waals surface area contributed by atoms with Crippen molar-refractivity contribution < 1.29 is 4.79 Å². The zero-order chi connectivity index (χ0) is 14.4.